The van der Waals surface area contributed by atoms with Crippen LogP contribution < -0.4 is 5.32 Å². The predicted octanol–water partition coefficient (Wildman–Crippen LogP) is 3.13. The summed E-state index contributed by atoms with van der Waals surface area (Å²) in [5.74, 6) is -1.25. The minimum absolute atomic E-state index is 0.00641. The van der Waals surface area contributed by atoms with Crippen LogP contribution in [-0.4, -0.2) is 41.0 Å². The number of benzene rings is 1. The topological polar surface area (TPSA) is 69.6 Å². The lowest BCUT2D eigenvalue weighted by molar-refractivity contribution is -0.142. The molecular weight excluding hydrogens is 339 g/mol. The Hall–Kier alpha value is -1.01. The third kappa shape index (κ3) is 4.01. The molecule has 2 rings (SSSR count). The number of nitrogens with zero attached hydrogens (tertiary/aromatic N) is 1. The van der Waals surface area contributed by atoms with E-state index in [9.17, 15) is 9.59 Å². The number of carbonyl (C=O) groups excluding carboxylic acids is 1. The van der Waals surface area contributed by atoms with Crippen molar-refractivity contribution in [1.29, 1.82) is 0 Å². The third-order valence-electron chi connectivity index (χ3n) is 3.28. The number of hydrogen-bond acceptors (Lipinski definition) is 3. The van der Waals surface area contributed by atoms with Crippen LogP contribution in [0.15, 0.2) is 12.1 Å². The first kappa shape index (κ1) is 16.4. The van der Waals surface area contributed by atoms with Crippen LogP contribution in [0.2, 0.25) is 15.1 Å². The van der Waals surface area contributed by atoms with E-state index < -0.39 is 12.0 Å². The van der Waals surface area contributed by atoms with Gasteiger partial charge >= 0.3 is 5.97 Å². The Kier molecular flexibility index (Phi) is 5.32. The van der Waals surface area contributed by atoms with Crippen LogP contribution >= 0.6 is 34.8 Å². The van der Waals surface area contributed by atoms with Crippen molar-refractivity contribution in [3.05, 3.63) is 27.2 Å². The van der Waals surface area contributed by atoms with E-state index in [2.05, 4.69) is 5.32 Å². The fourth-order valence-corrected chi connectivity index (χ4v) is 2.88. The lowest BCUT2D eigenvalue weighted by atomic mass is 10.2. The van der Waals surface area contributed by atoms with Gasteiger partial charge in [-0.25, -0.2) is 0 Å². The number of nitrogens with one attached hydrogen (secondary N) is 1. The molecule has 0 bridgehead atoms. The molecule has 1 aliphatic rings. The first-order valence-corrected chi connectivity index (χ1v) is 7.43. The Labute approximate surface area is 136 Å². The van der Waals surface area contributed by atoms with Gasteiger partial charge in [0.05, 0.1) is 27.3 Å². The summed E-state index contributed by atoms with van der Waals surface area (Å²) >= 11 is 17.7. The van der Waals surface area contributed by atoms with Crippen molar-refractivity contribution in [2.24, 2.45) is 0 Å². The summed E-state index contributed by atoms with van der Waals surface area (Å²) in [5.41, 5.74) is 0.349. The number of carboxylic acids is 1. The first-order chi connectivity index (χ1) is 9.88. The Balaban J connectivity index is 2.02. The molecule has 1 aromatic rings. The highest BCUT2D eigenvalue weighted by molar-refractivity contribution is 6.44. The van der Waals surface area contributed by atoms with Gasteiger partial charge in [-0.1, -0.05) is 34.8 Å². The van der Waals surface area contributed by atoms with Crippen LogP contribution in [0.3, 0.4) is 0 Å². The van der Waals surface area contributed by atoms with Crippen molar-refractivity contribution in [2.75, 3.05) is 18.4 Å². The predicted molar refractivity (Wildman–Crippen MR) is 82.3 cm³/mol. The molecule has 114 valence electrons. The zero-order valence-electron chi connectivity index (χ0n) is 10.9. The monoisotopic (exact) mass is 350 g/mol. The summed E-state index contributed by atoms with van der Waals surface area (Å²) in [6, 6.07) is 2.29. The smallest absolute Gasteiger partial charge is 0.320 e. The van der Waals surface area contributed by atoms with E-state index in [1.165, 1.54) is 12.1 Å². The summed E-state index contributed by atoms with van der Waals surface area (Å²) in [5, 5.41) is 12.5. The van der Waals surface area contributed by atoms with E-state index in [1.54, 1.807) is 4.90 Å². The first-order valence-electron chi connectivity index (χ1n) is 6.29. The molecule has 0 radical (unpaired) electrons. The number of aliphatic carboxylic acids is 1. The Bertz CT molecular complexity index is 580. The van der Waals surface area contributed by atoms with Gasteiger partial charge in [-0.2, -0.15) is 0 Å². The zero-order chi connectivity index (χ0) is 15.6. The summed E-state index contributed by atoms with van der Waals surface area (Å²) < 4.78 is 0. The molecular formula is C13H13Cl3N2O3. The second kappa shape index (κ2) is 6.83. The SMILES string of the molecule is O=C(CN1CCC[C@@H]1C(=O)O)Nc1cc(Cl)c(Cl)cc1Cl. The molecule has 1 aromatic carbocycles. The highest BCUT2D eigenvalue weighted by Crippen LogP contribution is 2.32. The van der Waals surface area contributed by atoms with Crippen LogP contribution in [0.4, 0.5) is 5.69 Å². The second-order valence-corrected chi connectivity index (χ2v) is 5.98. The van der Waals surface area contributed by atoms with E-state index in [0.29, 0.717) is 23.7 Å². The minimum Gasteiger partial charge on any atom is -0.480 e. The van der Waals surface area contributed by atoms with Gasteiger partial charge in [-0.15, -0.1) is 0 Å². The van der Waals surface area contributed by atoms with Crippen LogP contribution in [0.25, 0.3) is 0 Å². The zero-order valence-corrected chi connectivity index (χ0v) is 13.2. The van der Waals surface area contributed by atoms with E-state index in [4.69, 9.17) is 39.9 Å². The molecule has 1 fully saturated rings. The summed E-state index contributed by atoms with van der Waals surface area (Å²) in [6.45, 7) is 0.576. The van der Waals surface area contributed by atoms with Gasteiger partial charge < -0.3 is 10.4 Å². The molecule has 0 saturated carbocycles. The fourth-order valence-electron chi connectivity index (χ4n) is 2.29. The van der Waals surface area contributed by atoms with Gasteiger partial charge in [-0.3, -0.25) is 14.5 Å². The normalized spacial score (nSPS) is 18.7. The maximum atomic E-state index is 12.0. The molecule has 1 aliphatic heterocycles. The van der Waals surface area contributed by atoms with Crippen LogP contribution in [-0.2, 0) is 9.59 Å². The molecule has 8 heteroatoms. The number of hydrogen-bond donors (Lipinski definition) is 2. The van der Waals surface area contributed by atoms with E-state index in [0.717, 1.165) is 6.42 Å². The highest BCUT2D eigenvalue weighted by Gasteiger charge is 2.31. The van der Waals surface area contributed by atoms with Gasteiger partial charge in [0.1, 0.15) is 6.04 Å². The molecule has 1 heterocycles. The van der Waals surface area contributed by atoms with E-state index in [-0.39, 0.29) is 22.5 Å². The Morgan fingerprint density at radius 3 is 2.57 bits per heavy atom. The van der Waals surface area contributed by atoms with Crippen molar-refractivity contribution in [1.82, 2.24) is 4.90 Å². The number of carboxylic acid groups (broad SMARTS) is 1. The number of carbonyl (C=O) groups is 2. The number of amides is 1. The average Bonchev–Trinajstić information content (AvgIpc) is 2.84. The summed E-state index contributed by atoms with van der Waals surface area (Å²) in [7, 11) is 0. The molecule has 21 heavy (non-hydrogen) atoms. The van der Waals surface area contributed by atoms with Gasteiger partial charge in [0, 0.05) is 0 Å². The van der Waals surface area contributed by atoms with Crippen molar-refractivity contribution >= 4 is 52.4 Å². The van der Waals surface area contributed by atoms with Gasteiger partial charge in [-0.05, 0) is 31.5 Å². The van der Waals surface area contributed by atoms with Crippen molar-refractivity contribution < 1.29 is 14.7 Å². The molecule has 0 aliphatic carbocycles. The molecule has 0 aromatic heterocycles. The molecule has 0 unspecified atom stereocenters. The minimum atomic E-state index is -0.909. The average molecular weight is 352 g/mol. The van der Waals surface area contributed by atoms with Crippen LogP contribution in [0.5, 0.6) is 0 Å². The number of anilines is 1. The lowest BCUT2D eigenvalue weighted by Gasteiger charge is -2.20. The van der Waals surface area contributed by atoms with E-state index >= 15 is 0 Å². The summed E-state index contributed by atoms with van der Waals surface area (Å²) in [4.78, 5) is 24.7. The van der Waals surface area contributed by atoms with Crippen LogP contribution in [0, 0.1) is 0 Å². The van der Waals surface area contributed by atoms with Crippen LogP contribution in [0.1, 0.15) is 12.8 Å². The summed E-state index contributed by atoms with van der Waals surface area (Å²) in [6.07, 6.45) is 1.31. The molecule has 5 nitrogen and oxygen atoms in total. The Morgan fingerprint density at radius 2 is 1.90 bits per heavy atom. The number of halogens is 3. The highest BCUT2D eigenvalue weighted by atomic mass is 35.5. The quantitative estimate of drug-likeness (QED) is 0.818. The van der Waals surface area contributed by atoms with Gasteiger partial charge in [0.2, 0.25) is 5.91 Å². The third-order valence-corrected chi connectivity index (χ3v) is 4.31. The molecule has 1 atom stereocenters. The maximum Gasteiger partial charge on any atom is 0.320 e. The molecule has 1 saturated heterocycles. The largest absolute Gasteiger partial charge is 0.480 e. The Morgan fingerprint density at radius 1 is 1.24 bits per heavy atom. The molecule has 1 amide bonds. The second-order valence-electron chi connectivity index (χ2n) is 4.76. The lowest BCUT2D eigenvalue weighted by Crippen LogP contribution is -2.40. The van der Waals surface area contributed by atoms with E-state index in [1.807, 2.05) is 0 Å². The number of rotatable bonds is 4. The van der Waals surface area contributed by atoms with Crippen molar-refractivity contribution in [2.45, 2.75) is 18.9 Å². The maximum absolute atomic E-state index is 12.0. The van der Waals surface area contributed by atoms with Gasteiger partial charge in [0.15, 0.2) is 0 Å². The van der Waals surface area contributed by atoms with Crippen molar-refractivity contribution in [3.8, 4) is 0 Å². The molecule has 2 N–H and O–H groups in total. The fraction of sp³-hybridized carbons (Fsp3) is 0.385. The molecule has 0 spiro atoms. The standard InChI is InChI=1S/C13H13Cl3N2O3/c14-7-4-9(16)10(5-8(7)15)17-12(19)6-18-3-1-2-11(18)13(20)21/h4-5,11H,1-3,6H2,(H,17,19)(H,20,21)/t11-/m1/s1. The number of likely N-dealkylation sites (tertiary alicyclic amines) is 1. The van der Waals surface area contributed by atoms with Crippen molar-refractivity contribution in [3.63, 3.8) is 0 Å². The van der Waals surface area contributed by atoms with Gasteiger partial charge in [0.25, 0.3) is 0 Å².